The average Bonchev–Trinajstić information content (AvgIpc) is 3.18. The summed E-state index contributed by atoms with van der Waals surface area (Å²) < 4.78 is 1.95. The normalized spacial score (nSPS) is 10.9. The number of nitrogens with zero attached hydrogens (tertiary/aromatic N) is 4. The number of nitrogens with one attached hydrogen (secondary N) is 2. The van der Waals surface area contributed by atoms with E-state index in [0.717, 1.165) is 0 Å². The molecule has 3 aromatic heterocycles. The summed E-state index contributed by atoms with van der Waals surface area (Å²) in [7, 11) is 0. The predicted molar refractivity (Wildman–Crippen MR) is 115 cm³/mol. The Morgan fingerprint density at radius 1 is 1.21 bits per heavy atom. The lowest BCUT2D eigenvalue weighted by Crippen LogP contribution is -2.08. The van der Waals surface area contributed by atoms with Gasteiger partial charge in [0.15, 0.2) is 11.3 Å². The number of pyridine rings is 2. The molecule has 0 saturated heterocycles. The highest BCUT2D eigenvalue weighted by molar-refractivity contribution is 5.92. The minimum atomic E-state index is -0.219. The maximum Gasteiger partial charge on any atom is 0.191 e. The van der Waals surface area contributed by atoms with Gasteiger partial charge in [-0.3, -0.25) is 4.79 Å². The highest BCUT2D eigenvalue weighted by Gasteiger charge is 2.13. The summed E-state index contributed by atoms with van der Waals surface area (Å²) in [6, 6.07) is 12.6. The number of halogens is 1. The number of aliphatic hydroxyl groups is 1. The summed E-state index contributed by atoms with van der Waals surface area (Å²) in [6.07, 6.45) is 1.69. The summed E-state index contributed by atoms with van der Waals surface area (Å²) in [5.41, 5.74) is 2.28. The van der Waals surface area contributed by atoms with Crippen LogP contribution in [-0.2, 0) is 6.61 Å². The van der Waals surface area contributed by atoms with Gasteiger partial charge in [-0.05, 0) is 38.1 Å². The SMILES string of the molecule is CC(C)n1cnnc1-c1cccc(Nc2cccc3[nH]c(CO)cc(=O)c23)n1.Cl. The lowest BCUT2D eigenvalue weighted by molar-refractivity contribution is 0.277. The molecule has 0 atom stereocenters. The molecule has 9 heteroatoms. The van der Waals surface area contributed by atoms with Gasteiger partial charge in [0.1, 0.15) is 17.8 Å². The summed E-state index contributed by atoms with van der Waals surface area (Å²) in [5.74, 6) is 1.27. The van der Waals surface area contributed by atoms with Crippen molar-refractivity contribution in [3.8, 4) is 11.5 Å². The maximum absolute atomic E-state index is 12.5. The number of hydrogen-bond acceptors (Lipinski definition) is 6. The smallest absolute Gasteiger partial charge is 0.191 e. The number of aromatic nitrogens is 5. The third-order valence-electron chi connectivity index (χ3n) is 4.45. The van der Waals surface area contributed by atoms with Crippen LogP contribution >= 0.6 is 12.4 Å². The molecule has 0 aliphatic heterocycles. The summed E-state index contributed by atoms with van der Waals surface area (Å²) in [4.78, 5) is 20.2. The fraction of sp³-hybridized carbons (Fsp3) is 0.200. The van der Waals surface area contributed by atoms with E-state index in [0.29, 0.717) is 39.6 Å². The molecule has 0 radical (unpaired) electrons. The zero-order valence-corrected chi connectivity index (χ0v) is 16.8. The standard InChI is InChI=1S/C20H20N6O2.ClH/c1-12(2)26-11-21-25-20(26)16-7-4-8-18(24-16)23-15-6-3-5-14-19(15)17(28)9-13(10-27)22-14;/h3-9,11-12,27H,10H2,1-2H3,(H,22,28)(H,23,24);1H. The van der Waals surface area contributed by atoms with Gasteiger partial charge >= 0.3 is 0 Å². The molecule has 0 amide bonds. The fourth-order valence-corrected chi connectivity index (χ4v) is 3.12. The van der Waals surface area contributed by atoms with Gasteiger partial charge in [0.25, 0.3) is 0 Å². The first-order valence-corrected chi connectivity index (χ1v) is 8.96. The van der Waals surface area contributed by atoms with Crippen LogP contribution in [0.25, 0.3) is 22.4 Å². The second-order valence-corrected chi connectivity index (χ2v) is 6.73. The molecule has 0 aliphatic rings. The van der Waals surface area contributed by atoms with Crippen molar-refractivity contribution in [3.05, 3.63) is 64.7 Å². The van der Waals surface area contributed by atoms with Crippen molar-refractivity contribution in [3.63, 3.8) is 0 Å². The van der Waals surface area contributed by atoms with Gasteiger partial charge in [-0.25, -0.2) is 4.98 Å². The number of anilines is 2. The van der Waals surface area contributed by atoms with E-state index in [2.05, 4.69) is 39.3 Å². The number of aliphatic hydroxyl groups excluding tert-OH is 1. The van der Waals surface area contributed by atoms with Crippen molar-refractivity contribution in [1.29, 1.82) is 0 Å². The predicted octanol–water partition coefficient (Wildman–Crippen LogP) is 3.42. The fourth-order valence-electron chi connectivity index (χ4n) is 3.12. The van der Waals surface area contributed by atoms with E-state index in [1.807, 2.05) is 34.9 Å². The quantitative estimate of drug-likeness (QED) is 0.463. The Morgan fingerprint density at radius 3 is 2.76 bits per heavy atom. The molecule has 3 N–H and O–H groups in total. The van der Waals surface area contributed by atoms with Gasteiger partial charge in [-0.15, -0.1) is 22.6 Å². The number of benzene rings is 1. The van der Waals surface area contributed by atoms with Crippen LogP contribution in [0.4, 0.5) is 11.5 Å². The van der Waals surface area contributed by atoms with Crippen LogP contribution in [0, 0.1) is 0 Å². The van der Waals surface area contributed by atoms with Crippen LogP contribution in [0.1, 0.15) is 25.6 Å². The second kappa shape index (κ2) is 8.42. The molecule has 0 spiro atoms. The minimum Gasteiger partial charge on any atom is -0.390 e. The Hall–Kier alpha value is -3.23. The van der Waals surface area contributed by atoms with Gasteiger partial charge in [0.2, 0.25) is 0 Å². The maximum atomic E-state index is 12.5. The van der Waals surface area contributed by atoms with Gasteiger partial charge in [0.05, 0.1) is 23.2 Å². The third-order valence-corrected chi connectivity index (χ3v) is 4.45. The first kappa shape index (κ1) is 20.5. The van der Waals surface area contributed by atoms with Gasteiger partial charge in [-0.2, -0.15) is 0 Å². The monoisotopic (exact) mass is 412 g/mol. The van der Waals surface area contributed by atoms with E-state index in [-0.39, 0.29) is 30.5 Å². The molecule has 0 fully saturated rings. The molecule has 0 bridgehead atoms. The number of H-pyrrole nitrogens is 1. The molecule has 150 valence electrons. The van der Waals surface area contributed by atoms with Crippen LogP contribution in [0.15, 0.2) is 53.6 Å². The number of aromatic amines is 1. The summed E-state index contributed by atoms with van der Waals surface area (Å²) in [6.45, 7) is 3.89. The topological polar surface area (TPSA) is 109 Å². The zero-order valence-electron chi connectivity index (χ0n) is 16.0. The van der Waals surface area contributed by atoms with Crippen LogP contribution in [0.3, 0.4) is 0 Å². The molecule has 4 rings (SSSR count). The second-order valence-electron chi connectivity index (χ2n) is 6.73. The minimum absolute atomic E-state index is 0. The molecule has 0 saturated carbocycles. The van der Waals surface area contributed by atoms with Crippen molar-refractivity contribution in [2.45, 2.75) is 26.5 Å². The van der Waals surface area contributed by atoms with Crippen molar-refractivity contribution in [2.24, 2.45) is 0 Å². The Bertz CT molecular complexity index is 1200. The van der Waals surface area contributed by atoms with E-state index in [4.69, 9.17) is 0 Å². The largest absolute Gasteiger partial charge is 0.390 e. The summed E-state index contributed by atoms with van der Waals surface area (Å²) >= 11 is 0. The molecule has 0 aliphatic carbocycles. The number of hydrogen-bond donors (Lipinski definition) is 3. The van der Waals surface area contributed by atoms with Gasteiger partial charge in [0, 0.05) is 17.8 Å². The third kappa shape index (κ3) is 3.98. The average molecular weight is 413 g/mol. The lowest BCUT2D eigenvalue weighted by atomic mass is 10.1. The van der Waals surface area contributed by atoms with Crippen molar-refractivity contribution >= 4 is 34.8 Å². The Labute approximate surface area is 173 Å². The van der Waals surface area contributed by atoms with Crippen LogP contribution in [0.2, 0.25) is 0 Å². The van der Waals surface area contributed by atoms with E-state index in [1.165, 1.54) is 6.07 Å². The molecular formula is C20H21ClN6O2. The highest BCUT2D eigenvalue weighted by Crippen LogP contribution is 2.25. The van der Waals surface area contributed by atoms with E-state index >= 15 is 0 Å². The highest BCUT2D eigenvalue weighted by atomic mass is 35.5. The molecule has 1 aromatic carbocycles. The van der Waals surface area contributed by atoms with Crippen molar-refractivity contribution < 1.29 is 5.11 Å². The molecule has 0 unspecified atom stereocenters. The van der Waals surface area contributed by atoms with Crippen molar-refractivity contribution in [1.82, 2.24) is 24.7 Å². The first-order chi connectivity index (χ1) is 13.6. The van der Waals surface area contributed by atoms with Crippen LogP contribution in [-0.4, -0.2) is 29.8 Å². The van der Waals surface area contributed by atoms with Gasteiger partial charge in [-0.1, -0.05) is 12.1 Å². The van der Waals surface area contributed by atoms with Crippen LogP contribution < -0.4 is 10.7 Å². The Morgan fingerprint density at radius 2 is 2.00 bits per heavy atom. The van der Waals surface area contributed by atoms with E-state index in [1.54, 1.807) is 12.4 Å². The molecule has 4 aromatic rings. The Balaban J connectivity index is 0.00000240. The van der Waals surface area contributed by atoms with Gasteiger partial charge < -0.3 is 20.0 Å². The lowest BCUT2D eigenvalue weighted by Gasteiger charge is -2.12. The summed E-state index contributed by atoms with van der Waals surface area (Å²) in [5, 5.41) is 21.2. The molecule has 29 heavy (non-hydrogen) atoms. The van der Waals surface area contributed by atoms with Crippen molar-refractivity contribution in [2.75, 3.05) is 5.32 Å². The molecule has 8 nitrogen and oxygen atoms in total. The molecular weight excluding hydrogens is 392 g/mol. The van der Waals surface area contributed by atoms with E-state index < -0.39 is 0 Å². The first-order valence-electron chi connectivity index (χ1n) is 8.96. The number of fused-ring (bicyclic) bond motifs is 1. The number of rotatable bonds is 5. The van der Waals surface area contributed by atoms with E-state index in [9.17, 15) is 9.90 Å². The zero-order chi connectivity index (χ0) is 19.7. The molecule has 3 heterocycles. The Kier molecular flexibility index (Phi) is 5.95. The van der Waals surface area contributed by atoms with Crippen LogP contribution in [0.5, 0.6) is 0 Å².